The van der Waals surface area contributed by atoms with Gasteiger partial charge in [-0.2, -0.15) is 0 Å². The minimum absolute atomic E-state index is 0.449. The van der Waals surface area contributed by atoms with Gasteiger partial charge in [0.15, 0.2) is 0 Å². The van der Waals surface area contributed by atoms with E-state index in [1.165, 1.54) is 2.88 Å². The fourth-order valence-corrected chi connectivity index (χ4v) is 2.92. The summed E-state index contributed by atoms with van der Waals surface area (Å²) >= 11 is 4.00. The first kappa shape index (κ1) is 11.9. The van der Waals surface area contributed by atoms with E-state index in [4.69, 9.17) is 10.3 Å². The van der Waals surface area contributed by atoms with Crippen molar-refractivity contribution in [3.63, 3.8) is 0 Å². The summed E-state index contributed by atoms with van der Waals surface area (Å²) in [5.74, 6) is 0.989. The minimum Gasteiger partial charge on any atom is -0.367 e. The van der Waals surface area contributed by atoms with Crippen LogP contribution in [0.25, 0.3) is 11.3 Å². The van der Waals surface area contributed by atoms with Crippen LogP contribution in [0.15, 0.2) is 16.0 Å². The van der Waals surface area contributed by atoms with E-state index in [1.807, 2.05) is 0 Å². The number of hydrogen-bond donors (Lipinski definition) is 1. The number of rotatable bonds is 3. The molecule has 0 aliphatic carbocycles. The Morgan fingerprint density at radius 3 is 2.88 bits per heavy atom. The van der Waals surface area contributed by atoms with Crippen molar-refractivity contribution in [2.24, 2.45) is 5.92 Å². The van der Waals surface area contributed by atoms with Crippen LogP contribution < -0.4 is 5.73 Å². The van der Waals surface area contributed by atoms with Crippen molar-refractivity contribution in [3.05, 3.63) is 19.9 Å². The number of nitrogens with zero attached hydrogens (tertiary/aromatic N) is 1. The van der Waals surface area contributed by atoms with Crippen molar-refractivity contribution in [1.29, 1.82) is 0 Å². The molecule has 0 unspecified atom stereocenters. The standard InChI is InChI=1S/C11H13IN2OS/c1-6(2)3-8-10(14-15-11(8)13)7-4-9(12)16-5-7/h4-6H,3,13H2,1-2H3. The molecule has 2 rings (SSSR count). The molecule has 86 valence electrons. The van der Waals surface area contributed by atoms with Crippen LogP contribution in [-0.2, 0) is 6.42 Å². The summed E-state index contributed by atoms with van der Waals surface area (Å²) in [6, 6.07) is 2.10. The van der Waals surface area contributed by atoms with Crippen LogP contribution in [0.4, 0.5) is 5.88 Å². The summed E-state index contributed by atoms with van der Waals surface area (Å²) < 4.78 is 6.33. The highest BCUT2D eigenvalue weighted by molar-refractivity contribution is 14.1. The number of aromatic nitrogens is 1. The third kappa shape index (κ3) is 2.40. The fraction of sp³-hybridized carbons (Fsp3) is 0.364. The van der Waals surface area contributed by atoms with Gasteiger partial charge in [0.25, 0.3) is 0 Å². The van der Waals surface area contributed by atoms with Gasteiger partial charge in [0, 0.05) is 16.5 Å². The lowest BCUT2D eigenvalue weighted by Crippen LogP contribution is -1.98. The van der Waals surface area contributed by atoms with Gasteiger partial charge in [-0.1, -0.05) is 19.0 Å². The van der Waals surface area contributed by atoms with Crippen LogP contribution in [0, 0.1) is 8.80 Å². The Hall–Kier alpha value is -0.560. The molecule has 0 spiro atoms. The minimum atomic E-state index is 0.449. The topological polar surface area (TPSA) is 52.0 Å². The second-order valence-electron chi connectivity index (χ2n) is 4.11. The summed E-state index contributed by atoms with van der Waals surface area (Å²) in [5, 5.41) is 6.14. The highest BCUT2D eigenvalue weighted by Crippen LogP contribution is 2.32. The van der Waals surface area contributed by atoms with Crippen molar-refractivity contribution in [3.8, 4) is 11.3 Å². The van der Waals surface area contributed by atoms with Gasteiger partial charge in [0.2, 0.25) is 5.88 Å². The predicted molar refractivity (Wildman–Crippen MR) is 75.5 cm³/mol. The van der Waals surface area contributed by atoms with Crippen LogP contribution in [-0.4, -0.2) is 5.16 Å². The highest BCUT2D eigenvalue weighted by atomic mass is 127. The Morgan fingerprint density at radius 1 is 1.56 bits per heavy atom. The van der Waals surface area contributed by atoms with E-state index in [9.17, 15) is 0 Å². The molecule has 0 fully saturated rings. The molecule has 2 aromatic rings. The van der Waals surface area contributed by atoms with Crippen LogP contribution in [0.5, 0.6) is 0 Å². The van der Waals surface area contributed by atoms with E-state index in [1.54, 1.807) is 11.3 Å². The average Bonchev–Trinajstić information content (AvgIpc) is 2.75. The smallest absolute Gasteiger partial charge is 0.225 e. The van der Waals surface area contributed by atoms with E-state index in [0.717, 1.165) is 23.2 Å². The van der Waals surface area contributed by atoms with Gasteiger partial charge in [-0.25, -0.2) is 0 Å². The molecule has 0 aliphatic rings. The predicted octanol–water partition coefficient (Wildman–Crippen LogP) is 3.79. The van der Waals surface area contributed by atoms with Crippen molar-refractivity contribution in [2.75, 3.05) is 5.73 Å². The van der Waals surface area contributed by atoms with Gasteiger partial charge < -0.3 is 10.3 Å². The lowest BCUT2D eigenvalue weighted by Gasteiger charge is -2.03. The van der Waals surface area contributed by atoms with Gasteiger partial charge in [0.1, 0.15) is 5.69 Å². The summed E-state index contributed by atoms with van der Waals surface area (Å²) in [6.07, 6.45) is 0.900. The molecular weight excluding hydrogens is 335 g/mol. The van der Waals surface area contributed by atoms with E-state index in [-0.39, 0.29) is 0 Å². The molecule has 0 saturated carbocycles. The van der Waals surface area contributed by atoms with Crippen LogP contribution >= 0.6 is 33.9 Å². The van der Waals surface area contributed by atoms with E-state index in [0.29, 0.717) is 11.8 Å². The maximum Gasteiger partial charge on any atom is 0.225 e. The van der Waals surface area contributed by atoms with Crippen molar-refractivity contribution < 1.29 is 4.52 Å². The molecular formula is C11H13IN2OS. The SMILES string of the molecule is CC(C)Cc1c(-c2csc(I)c2)noc1N. The monoisotopic (exact) mass is 348 g/mol. The molecule has 0 bridgehead atoms. The quantitative estimate of drug-likeness (QED) is 0.859. The summed E-state index contributed by atoms with van der Waals surface area (Å²) in [5.41, 5.74) is 8.83. The van der Waals surface area contributed by atoms with Gasteiger partial charge in [0.05, 0.1) is 2.88 Å². The second kappa shape index (κ2) is 4.75. The Morgan fingerprint density at radius 2 is 2.31 bits per heavy atom. The van der Waals surface area contributed by atoms with Crippen LogP contribution in [0.1, 0.15) is 19.4 Å². The molecule has 0 saturated heterocycles. The summed E-state index contributed by atoms with van der Waals surface area (Å²) in [6.45, 7) is 4.32. The van der Waals surface area contributed by atoms with E-state index < -0.39 is 0 Å². The number of nitrogens with two attached hydrogens (primary N) is 1. The van der Waals surface area contributed by atoms with E-state index >= 15 is 0 Å². The summed E-state index contributed by atoms with van der Waals surface area (Å²) in [4.78, 5) is 0. The third-order valence-corrected chi connectivity index (χ3v) is 4.06. The first-order valence-electron chi connectivity index (χ1n) is 5.06. The molecule has 0 aromatic carbocycles. The largest absolute Gasteiger partial charge is 0.367 e. The Bertz CT molecular complexity index is 490. The van der Waals surface area contributed by atoms with Crippen LogP contribution in [0.3, 0.4) is 0 Å². The lowest BCUT2D eigenvalue weighted by atomic mass is 10.0. The number of halogens is 1. The average molecular weight is 348 g/mol. The Balaban J connectivity index is 2.41. The molecule has 2 aromatic heterocycles. The molecule has 2 N–H and O–H groups in total. The lowest BCUT2D eigenvalue weighted by molar-refractivity contribution is 0.438. The van der Waals surface area contributed by atoms with Gasteiger partial charge in [-0.15, -0.1) is 11.3 Å². The fourth-order valence-electron chi connectivity index (χ4n) is 1.59. The first-order chi connectivity index (χ1) is 7.58. The molecule has 0 atom stereocenters. The number of anilines is 1. The second-order valence-corrected chi connectivity index (χ2v) is 6.92. The molecule has 2 heterocycles. The zero-order valence-electron chi connectivity index (χ0n) is 9.16. The molecule has 0 amide bonds. The zero-order chi connectivity index (χ0) is 11.7. The van der Waals surface area contributed by atoms with Gasteiger partial charge >= 0.3 is 0 Å². The maximum atomic E-state index is 5.81. The molecule has 0 aliphatic heterocycles. The zero-order valence-corrected chi connectivity index (χ0v) is 12.1. The van der Waals surface area contributed by atoms with E-state index in [2.05, 4.69) is 53.0 Å². The highest BCUT2D eigenvalue weighted by Gasteiger charge is 2.17. The van der Waals surface area contributed by atoms with Gasteiger partial charge in [-0.3, -0.25) is 0 Å². The molecule has 16 heavy (non-hydrogen) atoms. The number of nitrogen functional groups attached to an aromatic ring is 1. The normalized spacial score (nSPS) is 11.2. The first-order valence-corrected chi connectivity index (χ1v) is 7.02. The molecule has 3 nitrogen and oxygen atoms in total. The third-order valence-electron chi connectivity index (χ3n) is 2.27. The molecule has 0 radical (unpaired) electrons. The Kier molecular flexibility index (Phi) is 3.53. The van der Waals surface area contributed by atoms with Crippen LogP contribution in [0.2, 0.25) is 0 Å². The van der Waals surface area contributed by atoms with Crippen molar-refractivity contribution in [1.82, 2.24) is 5.16 Å². The number of thiophene rings is 1. The number of hydrogen-bond acceptors (Lipinski definition) is 4. The maximum absolute atomic E-state index is 5.81. The summed E-state index contributed by atoms with van der Waals surface area (Å²) in [7, 11) is 0. The van der Waals surface area contributed by atoms with Gasteiger partial charge in [-0.05, 0) is 41.0 Å². The Labute approximate surface area is 112 Å². The molecule has 5 heteroatoms. The van der Waals surface area contributed by atoms with Crippen molar-refractivity contribution >= 4 is 39.8 Å². The van der Waals surface area contributed by atoms with Crippen molar-refractivity contribution in [2.45, 2.75) is 20.3 Å².